The van der Waals surface area contributed by atoms with Crippen LogP contribution in [0.5, 0.6) is 5.75 Å². The van der Waals surface area contributed by atoms with Crippen molar-refractivity contribution in [3.63, 3.8) is 0 Å². The molecule has 1 fully saturated rings. The Hall–Kier alpha value is -2.72. The van der Waals surface area contributed by atoms with Gasteiger partial charge in [0.25, 0.3) is 11.8 Å². The SMILES string of the molecule is O=C1NC(=O)N(c2cccc(F)c2)C(=O)/C1=C/c1cc(Br)c(OCc2ccc(Cl)c(Cl)c2)c(Br)c1. The normalized spacial score (nSPS) is 14.9. The molecule has 4 amide bonds. The zero-order chi connectivity index (χ0) is 25.3. The molecule has 3 aromatic carbocycles. The number of imide groups is 2. The minimum absolute atomic E-state index is 0.000637. The smallest absolute Gasteiger partial charge is 0.335 e. The van der Waals surface area contributed by atoms with Crippen LogP contribution in [-0.4, -0.2) is 17.8 Å². The second-order valence-corrected chi connectivity index (χ2v) is 9.81. The lowest BCUT2D eigenvalue weighted by atomic mass is 10.1. The van der Waals surface area contributed by atoms with E-state index in [-0.39, 0.29) is 17.9 Å². The molecule has 3 aromatic rings. The van der Waals surface area contributed by atoms with Crippen LogP contribution in [0.25, 0.3) is 6.08 Å². The van der Waals surface area contributed by atoms with Gasteiger partial charge in [0, 0.05) is 0 Å². The number of halogens is 5. The van der Waals surface area contributed by atoms with Crippen LogP contribution in [0.4, 0.5) is 14.9 Å². The number of urea groups is 1. The second-order valence-electron chi connectivity index (χ2n) is 7.29. The Morgan fingerprint density at radius 2 is 1.69 bits per heavy atom. The van der Waals surface area contributed by atoms with E-state index in [9.17, 15) is 18.8 Å². The fourth-order valence-corrected chi connectivity index (χ4v) is 5.03. The number of carbonyl (C=O) groups is 3. The van der Waals surface area contributed by atoms with Crippen LogP contribution in [0, 0.1) is 5.82 Å². The zero-order valence-corrected chi connectivity index (χ0v) is 22.1. The van der Waals surface area contributed by atoms with Gasteiger partial charge < -0.3 is 4.74 Å². The maximum absolute atomic E-state index is 13.6. The largest absolute Gasteiger partial charge is 0.487 e. The molecule has 0 spiro atoms. The number of ether oxygens (including phenoxy) is 1. The number of rotatable bonds is 5. The van der Waals surface area contributed by atoms with E-state index in [4.69, 9.17) is 27.9 Å². The molecule has 0 aliphatic carbocycles. The average molecular weight is 643 g/mol. The summed E-state index contributed by atoms with van der Waals surface area (Å²) < 4.78 is 20.6. The molecule has 0 unspecified atom stereocenters. The molecule has 1 N–H and O–H groups in total. The van der Waals surface area contributed by atoms with E-state index in [1.54, 1.807) is 30.3 Å². The van der Waals surface area contributed by atoms with Crippen LogP contribution >= 0.6 is 55.1 Å². The molecule has 1 saturated heterocycles. The summed E-state index contributed by atoms with van der Waals surface area (Å²) >= 11 is 18.9. The Kier molecular flexibility index (Phi) is 7.61. The molecule has 1 heterocycles. The van der Waals surface area contributed by atoms with Gasteiger partial charge in [0.15, 0.2) is 0 Å². The molecule has 0 atom stereocenters. The van der Waals surface area contributed by atoms with Gasteiger partial charge in [-0.1, -0.05) is 35.3 Å². The van der Waals surface area contributed by atoms with E-state index < -0.39 is 23.7 Å². The maximum atomic E-state index is 13.6. The van der Waals surface area contributed by atoms with Crippen molar-refractivity contribution in [1.82, 2.24) is 5.32 Å². The first kappa shape index (κ1) is 25.4. The average Bonchev–Trinajstić information content (AvgIpc) is 2.78. The van der Waals surface area contributed by atoms with Crippen molar-refractivity contribution in [1.29, 1.82) is 0 Å². The van der Waals surface area contributed by atoms with Crippen LogP contribution in [0.3, 0.4) is 0 Å². The fourth-order valence-electron chi connectivity index (χ4n) is 3.26. The summed E-state index contributed by atoms with van der Waals surface area (Å²) in [6.45, 7) is 0.208. The zero-order valence-electron chi connectivity index (χ0n) is 17.5. The van der Waals surface area contributed by atoms with Crippen molar-refractivity contribution in [2.45, 2.75) is 6.61 Å². The number of anilines is 1. The lowest BCUT2D eigenvalue weighted by Crippen LogP contribution is -2.54. The predicted molar refractivity (Wildman–Crippen MR) is 138 cm³/mol. The molecule has 0 aromatic heterocycles. The number of nitrogens with one attached hydrogen (secondary N) is 1. The summed E-state index contributed by atoms with van der Waals surface area (Å²) in [6.07, 6.45) is 1.33. The van der Waals surface area contributed by atoms with Gasteiger partial charge in [0.05, 0.1) is 24.7 Å². The molecule has 1 aliphatic rings. The van der Waals surface area contributed by atoms with Crippen molar-refractivity contribution in [2.24, 2.45) is 0 Å². The van der Waals surface area contributed by atoms with Crippen molar-refractivity contribution >= 4 is 84.7 Å². The first-order chi connectivity index (χ1) is 16.6. The summed E-state index contributed by atoms with van der Waals surface area (Å²) in [6, 6.07) is 12.4. The number of nitrogens with zero attached hydrogens (tertiary/aromatic N) is 1. The van der Waals surface area contributed by atoms with E-state index in [2.05, 4.69) is 37.2 Å². The minimum Gasteiger partial charge on any atom is -0.487 e. The third-order valence-electron chi connectivity index (χ3n) is 4.87. The van der Waals surface area contributed by atoms with Gasteiger partial charge in [-0.2, -0.15) is 0 Å². The monoisotopic (exact) mass is 640 g/mol. The first-order valence-electron chi connectivity index (χ1n) is 9.87. The Morgan fingerprint density at radius 3 is 2.34 bits per heavy atom. The third kappa shape index (κ3) is 5.59. The van der Waals surface area contributed by atoms with Gasteiger partial charge in [-0.15, -0.1) is 0 Å². The van der Waals surface area contributed by atoms with Crippen molar-refractivity contribution in [3.05, 3.63) is 96.1 Å². The molecule has 11 heteroatoms. The van der Waals surface area contributed by atoms with Gasteiger partial charge in [0.2, 0.25) is 0 Å². The number of hydrogen-bond acceptors (Lipinski definition) is 4. The number of amides is 4. The molecule has 6 nitrogen and oxygen atoms in total. The Morgan fingerprint density at radius 1 is 0.971 bits per heavy atom. The van der Waals surface area contributed by atoms with Gasteiger partial charge in [-0.05, 0) is 91.5 Å². The molecular formula is C24H13Br2Cl2FN2O4. The van der Waals surface area contributed by atoms with Crippen LogP contribution in [0.1, 0.15) is 11.1 Å². The molecule has 35 heavy (non-hydrogen) atoms. The number of carbonyl (C=O) groups excluding carboxylic acids is 3. The van der Waals surface area contributed by atoms with Gasteiger partial charge >= 0.3 is 6.03 Å². The topological polar surface area (TPSA) is 75.7 Å². The fraction of sp³-hybridized carbons (Fsp3) is 0.0417. The van der Waals surface area contributed by atoms with Crippen LogP contribution in [-0.2, 0) is 16.2 Å². The van der Waals surface area contributed by atoms with Crippen molar-refractivity contribution in [3.8, 4) is 5.75 Å². The van der Waals surface area contributed by atoms with Crippen LogP contribution in [0.15, 0.2) is 69.1 Å². The van der Waals surface area contributed by atoms with E-state index in [0.29, 0.717) is 35.2 Å². The van der Waals surface area contributed by atoms with Crippen molar-refractivity contribution < 1.29 is 23.5 Å². The minimum atomic E-state index is -0.962. The lowest BCUT2D eigenvalue weighted by molar-refractivity contribution is -0.122. The quantitative estimate of drug-likeness (QED) is 0.243. The number of barbiturate groups is 1. The Balaban J connectivity index is 1.60. The second kappa shape index (κ2) is 10.5. The maximum Gasteiger partial charge on any atom is 0.335 e. The van der Waals surface area contributed by atoms with Crippen LogP contribution < -0.4 is 15.0 Å². The highest BCUT2D eigenvalue weighted by Gasteiger charge is 2.37. The standard InChI is InChI=1S/C24H13Br2Cl2FN2O4/c25-17-7-13(8-18(26)21(17)35-11-12-4-5-19(27)20(28)9-12)6-16-22(32)30-24(34)31(23(16)33)15-3-1-2-14(29)10-15/h1-10H,11H2,(H,30,32,34)/b16-6+. The molecule has 1 aliphatic heterocycles. The van der Waals surface area contributed by atoms with E-state index in [0.717, 1.165) is 11.6 Å². The van der Waals surface area contributed by atoms with Gasteiger partial charge in [-0.3, -0.25) is 14.9 Å². The highest BCUT2D eigenvalue weighted by molar-refractivity contribution is 9.11. The number of benzene rings is 3. The van der Waals surface area contributed by atoms with E-state index in [1.807, 2.05) is 0 Å². The highest BCUT2D eigenvalue weighted by Crippen LogP contribution is 2.36. The van der Waals surface area contributed by atoms with E-state index >= 15 is 0 Å². The third-order valence-corrected chi connectivity index (χ3v) is 6.78. The summed E-state index contributed by atoms with van der Waals surface area (Å²) in [5.74, 6) is -1.89. The van der Waals surface area contributed by atoms with Gasteiger partial charge in [-0.25, -0.2) is 14.1 Å². The highest BCUT2D eigenvalue weighted by atomic mass is 79.9. The first-order valence-corrected chi connectivity index (χ1v) is 12.2. The van der Waals surface area contributed by atoms with Crippen molar-refractivity contribution in [2.75, 3.05) is 4.90 Å². The Labute approximate surface area is 225 Å². The molecule has 178 valence electrons. The molecule has 4 rings (SSSR count). The van der Waals surface area contributed by atoms with E-state index in [1.165, 1.54) is 24.3 Å². The molecule has 0 radical (unpaired) electrons. The molecule has 0 bridgehead atoms. The lowest BCUT2D eigenvalue weighted by Gasteiger charge is -2.26. The van der Waals surface area contributed by atoms with Gasteiger partial charge in [0.1, 0.15) is 23.7 Å². The summed E-state index contributed by atoms with van der Waals surface area (Å²) in [7, 11) is 0. The molecule has 0 saturated carbocycles. The molecular weight excluding hydrogens is 630 g/mol. The van der Waals surface area contributed by atoms with Crippen LogP contribution in [0.2, 0.25) is 10.0 Å². The summed E-state index contributed by atoms with van der Waals surface area (Å²) in [4.78, 5) is 38.4. The number of hydrogen-bond donors (Lipinski definition) is 1. The Bertz CT molecular complexity index is 1390. The summed E-state index contributed by atoms with van der Waals surface area (Å²) in [5, 5.41) is 2.95. The predicted octanol–water partition coefficient (Wildman–Crippen LogP) is 6.90. The summed E-state index contributed by atoms with van der Waals surface area (Å²) in [5.41, 5.74) is 0.977.